The van der Waals surface area contributed by atoms with Gasteiger partial charge in [-0.1, -0.05) is 47.6 Å². The number of aryl methyl sites for hydroxylation is 1. The molecule has 0 bridgehead atoms. The van der Waals surface area contributed by atoms with Gasteiger partial charge in [0.25, 0.3) is 5.69 Å². The summed E-state index contributed by atoms with van der Waals surface area (Å²) in [4.78, 5) is 22.7. The zero-order chi connectivity index (χ0) is 21.0. The van der Waals surface area contributed by atoms with E-state index in [1.54, 1.807) is 0 Å². The van der Waals surface area contributed by atoms with Gasteiger partial charge in [0.2, 0.25) is 5.91 Å². The second-order valence-electron chi connectivity index (χ2n) is 6.13. The summed E-state index contributed by atoms with van der Waals surface area (Å²) >= 11 is 7.04. The number of halogens is 1. The quantitative estimate of drug-likeness (QED) is 0.334. The molecule has 8 nitrogen and oxygen atoms in total. The maximum Gasteiger partial charge on any atom is 0.289 e. The lowest BCUT2D eigenvalue weighted by atomic mass is 10.1. The molecule has 1 heterocycles. The van der Waals surface area contributed by atoms with Crippen LogP contribution >= 0.6 is 23.4 Å². The second-order valence-corrected chi connectivity index (χ2v) is 7.48. The first kappa shape index (κ1) is 20.8. The number of rotatable bonds is 7. The summed E-state index contributed by atoms with van der Waals surface area (Å²) in [5.74, 6) is 0.527. The number of thioether (sulfide) groups is 1. The van der Waals surface area contributed by atoms with Gasteiger partial charge in [0, 0.05) is 23.9 Å². The topological polar surface area (TPSA) is 103 Å². The molecule has 10 heteroatoms. The molecule has 3 aromatic rings. The first-order valence-corrected chi connectivity index (χ1v) is 10.1. The Kier molecular flexibility index (Phi) is 6.50. The number of hydrogen-bond acceptors (Lipinski definition) is 6. The number of nitrogens with one attached hydrogen (secondary N) is 1. The number of anilines is 1. The predicted molar refractivity (Wildman–Crippen MR) is 113 cm³/mol. The van der Waals surface area contributed by atoms with Crippen molar-refractivity contribution in [2.24, 2.45) is 0 Å². The van der Waals surface area contributed by atoms with Crippen LogP contribution in [0.5, 0.6) is 0 Å². The minimum absolute atomic E-state index is 0.0159. The van der Waals surface area contributed by atoms with E-state index in [4.69, 9.17) is 11.6 Å². The average molecular weight is 432 g/mol. The van der Waals surface area contributed by atoms with Crippen molar-refractivity contribution in [3.63, 3.8) is 0 Å². The minimum Gasteiger partial charge on any atom is -0.325 e. The van der Waals surface area contributed by atoms with E-state index < -0.39 is 4.92 Å². The molecule has 0 radical (unpaired) electrons. The number of nitro groups is 1. The highest BCUT2D eigenvalue weighted by Gasteiger charge is 2.17. The first-order valence-electron chi connectivity index (χ1n) is 8.76. The Labute approximate surface area is 176 Å². The number of nitro benzene ring substituents is 1. The molecule has 3 rings (SSSR count). The van der Waals surface area contributed by atoms with Crippen LogP contribution in [0.15, 0.2) is 47.6 Å². The molecule has 0 spiro atoms. The largest absolute Gasteiger partial charge is 0.325 e. The van der Waals surface area contributed by atoms with Crippen molar-refractivity contribution >= 4 is 40.6 Å². The van der Waals surface area contributed by atoms with Gasteiger partial charge in [-0.2, -0.15) is 0 Å². The number of nitrogens with zero attached hydrogens (tertiary/aromatic N) is 4. The molecule has 0 unspecified atom stereocenters. The highest BCUT2D eigenvalue weighted by atomic mass is 35.5. The molecular weight excluding hydrogens is 414 g/mol. The fourth-order valence-electron chi connectivity index (χ4n) is 2.76. The number of amides is 1. The van der Waals surface area contributed by atoms with E-state index in [9.17, 15) is 14.9 Å². The van der Waals surface area contributed by atoms with E-state index in [0.717, 1.165) is 17.0 Å². The van der Waals surface area contributed by atoms with Crippen LogP contribution in [-0.2, 0) is 11.3 Å². The summed E-state index contributed by atoms with van der Waals surface area (Å²) in [7, 11) is 0. The van der Waals surface area contributed by atoms with Crippen molar-refractivity contribution in [2.45, 2.75) is 25.5 Å². The minimum atomic E-state index is -0.594. The highest BCUT2D eigenvalue weighted by molar-refractivity contribution is 7.99. The Morgan fingerprint density at radius 1 is 1.28 bits per heavy atom. The van der Waals surface area contributed by atoms with Crippen molar-refractivity contribution in [2.75, 3.05) is 11.1 Å². The summed E-state index contributed by atoms with van der Waals surface area (Å²) in [6.07, 6.45) is 0. The highest BCUT2D eigenvalue weighted by Crippen LogP contribution is 2.28. The molecule has 0 fully saturated rings. The van der Waals surface area contributed by atoms with E-state index in [1.807, 2.05) is 42.7 Å². The molecule has 0 aliphatic heterocycles. The maximum absolute atomic E-state index is 12.3. The summed E-state index contributed by atoms with van der Waals surface area (Å²) in [6, 6.07) is 12.0. The monoisotopic (exact) mass is 431 g/mol. The number of aromatic nitrogens is 3. The second kappa shape index (κ2) is 9.06. The van der Waals surface area contributed by atoms with E-state index in [2.05, 4.69) is 15.5 Å². The number of hydrogen-bond donors (Lipinski definition) is 1. The van der Waals surface area contributed by atoms with Gasteiger partial charge in [0.15, 0.2) is 11.0 Å². The van der Waals surface area contributed by atoms with E-state index in [-0.39, 0.29) is 22.4 Å². The van der Waals surface area contributed by atoms with E-state index >= 15 is 0 Å². The molecule has 29 heavy (non-hydrogen) atoms. The zero-order valence-electron chi connectivity index (χ0n) is 15.8. The fourth-order valence-corrected chi connectivity index (χ4v) is 3.75. The number of carbonyl (C=O) groups excluding carboxylic acids is 1. The predicted octanol–water partition coefficient (Wildman–Crippen LogP) is 4.57. The van der Waals surface area contributed by atoms with Crippen LogP contribution in [0.1, 0.15) is 12.5 Å². The lowest BCUT2D eigenvalue weighted by molar-refractivity contribution is -0.384. The molecule has 0 aliphatic rings. The van der Waals surface area contributed by atoms with Crippen LogP contribution in [0.4, 0.5) is 11.4 Å². The van der Waals surface area contributed by atoms with E-state index in [0.29, 0.717) is 17.4 Å². The standard InChI is InChI=1S/C19H18ClN5O3S/c1-3-24-18(14-7-5-4-6-12(14)2)22-23-19(24)29-11-17(26)21-13-8-9-15(20)16(10-13)25(27)28/h4-10H,3,11H2,1-2H3,(H,21,26). The molecule has 0 atom stereocenters. The Morgan fingerprint density at radius 2 is 2.03 bits per heavy atom. The third-order valence-electron chi connectivity index (χ3n) is 4.18. The Morgan fingerprint density at radius 3 is 2.72 bits per heavy atom. The van der Waals surface area contributed by atoms with Crippen molar-refractivity contribution in [3.8, 4) is 11.4 Å². The molecule has 150 valence electrons. The van der Waals surface area contributed by atoms with Crippen molar-refractivity contribution in [3.05, 3.63) is 63.2 Å². The summed E-state index contributed by atoms with van der Waals surface area (Å²) in [6.45, 7) is 4.65. The lowest BCUT2D eigenvalue weighted by Gasteiger charge is -2.09. The van der Waals surface area contributed by atoms with Crippen molar-refractivity contribution < 1.29 is 9.72 Å². The summed E-state index contributed by atoms with van der Waals surface area (Å²) < 4.78 is 1.95. The van der Waals surface area contributed by atoms with Gasteiger partial charge in [-0.15, -0.1) is 10.2 Å². The third-order valence-corrected chi connectivity index (χ3v) is 5.46. The maximum atomic E-state index is 12.3. The molecule has 0 saturated heterocycles. The Hall–Kier alpha value is -2.91. The van der Waals surface area contributed by atoms with Crippen LogP contribution in [0, 0.1) is 17.0 Å². The van der Waals surface area contributed by atoms with Crippen LogP contribution in [0.3, 0.4) is 0 Å². The van der Waals surface area contributed by atoms with Crippen LogP contribution in [-0.4, -0.2) is 31.3 Å². The van der Waals surface area contributed by atoms with Gasteiger partial charge in [0.05, 0.1) is 10.7 Å². The molecule has 1 aromatic heterocycles. The van der Waals surface area contributed by atoms with E-state index in [1.165, 1.54) is 30.0 Å². The van der Waals surface area contributed by atoms with Gasteiger partial charge in [-0.05, 0) is 31.5 Å². The summed E-state index contributed by atoms with van der Waals surface area (Å²) in [5, 5.41) is 22.8. The molecule has 0 saturated carbocycles. The van der Waals surface area contributed by atoms with Crippen molar-refractivity contribution in [1.82, 2.24) is 14.8 Å². The molecule has 1 amide bonds. The molecule has 1 N–H and O–H groups in total. The molecule has 0 aliphatic carbocycles. The average Bonchev–Trinajstić information content (AvgIpc) is 3.10. The van der Waals surface area contributed by atoms with Crippen LogP contribution < -0.4 is 5.32 Å². The summed E-state index contributed by atoms with van der Waals surface area (Å²) in [5.41, 5.74) is 2.13. The zero-order valence-corrected chi connectivity index (χ0v) is 17.3. The van der Waals surface area contributed by atoms with Crippen LogP contribution in [0.25, 0.3) is 11.4 Å². The smallest absolute Gasteiger partial charge is 0.289 e. The molecule has 2 aromatic carbocycles. The van der Waals surface area contributed by atoms with Gasteiger partial charge in [-0.25, -0.2) is 0 Å². The van der Waals surface area contributed by atoms with Gasteiger partial charge in [-0.3, -0.25) is 14.9 Å². The third kappa shape index (κ3) is 4.75. The Balaban J connectivity index is 1.70. The SMILES string of the molecule is CCn1c(SCC(=O)Nc2ccc(Cl)c([N+](=O)[O-])c2)nnc1-c1ccccc1C. The fraction of sp³-hybridized carbons (Fsp3) is 0.211. The Bertz CT molecular complexity index is 1070. The first-order chi connectivity index (χ1) is 13.9. The van der Waals surface area contributed by atoms with Gasteiger partial charge in [0.1, 0.15) is 5.02 Å². The lowest BCUT2D eigenvalue weighted by Crippen LogP contribution is -2.14. The normalized spacial score (nSPS) is 10.7. The number of carbonyl (C=O) groups is 1. The number of benzene rings is 2. The van der Waals surface area contributed by atoms with Gasteiger partial charge < -0.3 is 9.88 Å². The molecular formula is C19H18ClN5O3S. The van der Waals surface area contributed by atoms with Crippen LogP contribution in [0.2, 0.25) is 5.02 Å². The van der Waals surface area contributed by atoms with Gasteiger partial charge >= 0.3 is 0 Å². The van der Waals surface area contributed by atoms with Crippen molar-refractivity contribution in [1.29, 1.82) is 0 Å².